The molecule has 24 heavy (non-hydrogen) atoms. The first-order valence-corrected chi connectivity index (χ1v) is 8.41. The summed E-state index contributed by atoms with van der Waals surface area (Å²) in [4.78, 5) is 14.2. The molecule has 0 saturated heterocycles. The summed E-state index contributed by atoms with van der Waals surface area (Å²) in [6, 6.07) is 17.1. The molecule has 0 bridgehead atoms. The van der Waals surface area contributed by atoms with Crippen molar-refractivity contribution >= 4 is 17.6 Å². The largest absolute Gasteiger partial charge is 0.492 e. The highest BCUT2D eigenvalue weighted by Crippen LogP contribution is 2.15. The lowest BCUT2D eigenvalue weighted by Gasteiger charge is -2.27. The first-order chi connectivity index (χ1) is 11.6. The van der Waals surface area contributed by atoms with Gasteiger partial charge in [-0.25, -0.2) is 4.79 Å². The number of amides is 2. The summed E-state index contributed by atoms with van der Waals surface area (Å²) < 4.78 is 5.58. The second kappa shape index (κ2) is 9.18. The number of halogens is 1. The average molecular weight is 347 g/mol. The average Bonchev–Trinajstić information content (AvgIpc) is 2.58. The lowest BCUT2D eigenvalue weighted by atomic mass is 10.2. The Morgan fingerprint density at radius 2 is 1.79 bits per heavy atom. The van der Waals surface area contributed by atoms with Crippen LogP contribution in [-0.2, 0) is 6.54 Å². The van der Waals surface area contributed by atoms with Crippen molar-refractivity contribution in [2.45, 2.75) is 26.4 Å². The van der Waals surface area contributed by atoms with Crippen LogP contribution in [-0.4, -0.2) is 30.1 Å². The molecule has 0 fully saturated rings. The van der Waals surface area contributed by atoms with Crippen molar-refractivity contribution in [2.75, 3.05) is 13.2 Å². The Morgan fingerprint density at radius 1 is 1.12 bits per heavy atom. The van der Waals surface area contributed by atoms with Gasteiger partial charge in [-0.3, -0.25) is 0 Å². The lowest BCUT2D eigenvalue weighted by Crippen LogP contribution is -2.44. The van der Waals surface area contributed by atoms with Gasteiger partial charge >= 0.3 is 6.03 Å². The Bertz CT molecular complexity index is 630. The number of nitrogens with one attached hydrogen (secondary N) is 1. The van der Waals surface area contributed by atoms with Crippen molar-refractivity contribution in [3.63, 3.8) is 0 Å². The number of carbonyl (C=O) groups is 1. The third kappa shape index (κ3) is 5.78. The van der Waals surface area contributed by atoms with E-state index in [1.807, 2.05) is 44.2 Å². The van der Waals surface area contributed by atoms with Crippen LogP contribution in [0.5, 0.6) is 5.75 Å². The number of rotatable bonds is 7. The van der Waals surface area contributed by atoms with E-state index in [0.29, 0.717) is 24.7 Å². The third-order valence-corrected chi connectivity index (χ3v) is 3.79. The van der Waals surface area contributed by atoms with Gasteiger partial charge < -0.3 is 15.0 Å². The summed E-state index contributed by atoms with van der Waals surface area (Å²) in [7, 11) is 0. The molecule has 2 aromatic rings. The molecule has 5 heteroatoms. The number of nitrogens with zero attached hydrogens (tertiary/aromatic N) is 1. The second-order valence-corrected chi connectivity index (χ2v) is 6.18. The van der Waals surface area contributed by atoms with Crippen molar-refractivity contribution < 1.29 is 9.53 Å². The normalized spacial score (nSPS) is 10.5. The van der Waals surface area contributed by atoms with Crippen molar-refractivity contribution in [3.05, 3.63) is 65.2 Å². The van der Waals surface area contributed by atoms with Crippen LogP contribution in [0.2, 0.25) is 5.02 Å². The van der Waals surface area contributed by atoms with Crippen LogP contribution in [0.25, 0.3) is 0 Å². The maximum atomic E-state index is 12.4. The monoisotopic (exact) mass is 346 g/mol. The number of hydrogen-bond donors (Lipinski definition) is 1. The molecule has 4 nitrogen and oxygen atoms in total. The fourth-order valence-corrected chi connectivity index (χ4v) is 2.35. The van der Waals surface area contributed by atoms with Crippen LogP contribution in [0.15, 0.2) is 54.6 Å². The van der Waals surface area contributed by atoms with Crippen LogP contribution < -0.4 is 10.1 Å². The van der Waals surface area contributed by atoms with E-state index in [-0.39, 0.29) is 12.1 Å². The van der Waals surface area contributed by atoms with Gasteiger partial charge in [-0.05, 0) is 43.7 Å². The van der Waals surface area contributed by atoms with Crippen LogP contribution in [0.1, 0.15) is 19.4 Å². The smallest absolute Gasteiger partial charge is 0.318 e. The fraction of sp³-hybridized carbons (Fsp3) is 0.316. The number of urea groups is 1. The zero-order valence-electron chi connectivity index (χ0n) is 14.0. The number of carbonyl (C=O) groups excluding carboxylic acids is 1. The van der Waals surface area contributed by atoms with Gasteiger partial charge in [0.1, 0.15) is 12.4 Å². The summed E-state index contributed by atoms with van der Waals surface area (Å²) >= 11 is 5.83. The Morgan fingerprint density at radius 3 is 2.42 bits per heavy atom. The van der Waals surface area contributed by atoms with Crippen molar-refractivity contribution in [1.82, 2.24) is 10.2 Å². The summed E-state index contributed by atoms with van der Waals surface area (Å²) in [6.45, 7) is 5.45. The van der Waals surface area contributed by atoms with E-state index in [9.17, 15) is 4.79 Å². The number of ether oxygens (including phenoxy) is 1. The van der Waals surface area contributed by atoms with E-state index >= 15 is 0 Å². The molecule has 0 heterocycles. The third-order valence-electron chi connectivity index (χ3n) is 3.54. The van der Waals surface area contributed by atoms with Crippen LogP contribution in [0.3, 0.4) is 0 Å². The molecule has 0 aromatic heterocycles. The lowest BCUT2D eigenvalue weighted by molar-refractivity contribution is 0.177. The predicted octanol–water partition coefficient (Wildman–Crippen LogP) is 4.34. The van der Waals surface area contributed by atoms with E-state index < -0.39 is 0 Å². The van der Waals surface area contributed by atoms with E-state index in [0.717, 1.165) is 11.3 Å². The highest BCUT2D eigenvalue weighted by Gasteiger charge is 2.16. The molecular formula is C19H23ClN2O2. The Hall–Kier alpha value is -2.20. The van der Waals surface area contributed by atoms with Crippen molar-refractivity contribution in [3.8, 4) is 5.75 Å². The summed E-state index contributed by atoms with van der Waals surface area (Å²) in [5, 5.41) is 3.57. The minimum absolute atomic E-state index is 0.0893. The van der Waals surface area contributed by atoms with Crippen molar-refractivity contribution in [1.29, 1.82) is 0 Å². The summed E-state index contributed by atoms with van der Waals surface area (Å²) in [6.07, 6.45) is 0. The highest BCUT2D eigenvalue weighted by atomic mass is 35.5. The zero-order chi connectivity index (χ0) is 17.4. The molecule has 0 spiro atoms. The molecule has 0 aliphatic carbocycles. The van der Waals surface area contributed by atoms with E-state index in [1.165, 1.54) is 0 Å². The molecule has 0 saturated carbocycles. The predicted molar refractivity (Wildman–Crippen MR) is 97.5 cm³/mol. The number of benzene rings is 2. The first kappa shape index (κ1) is 18.1. The maximum Gasteiger partial charge on any atom is 0.318 e. The molecule has 0 aliphatic heterocycles. The molecule has 2 aromatic carbocycles. The van der Waals surface area contributed by atoms with Crippen molar-refractivity contribution in [2.24, 2.45) is 0 Å². The van der Waals surface area contributed by atoms with Gasteiger partial charge in [0.05, 0.1) is 6.54 Å². The number of hydrogen-bond acceptors (Lipinski definition) is 2. The molecular weight excluding hydrogens is 324 g/mol. The molecule has 0 atom stereocenters. The van der Waals surface area contributed by atoms with Gasteiger partial charge in [0, 0.05) is 17.6 Å². The van der Waals surface area contributed by atoms with Gasteiger partial charge in [0.2, 0.25) is 0 Å². The fourth-order valence-electron chi connectivity index (χ4n) is 2.23. The molecule has 1 N–H and O–H groups in total. The zero-order valence-corrected chi connectivity index (χ0v) is 14.8. The van der Waals surface area contributed by atoms with Crippen LogP contribution >= 0.6 is 11.6 Å². The minimum atomic E-state index is -0.0893. The van der Waals surface area contributed by atoms with E-state index in [2.05, 4.69) is 5.32 Å². The van der Waals surface area contributed by atoms with Gasteiger partial charge in [-0.2, -0.15) is 0 Å². The topological polar surface area (TPSA) is 41.6 Å². The summed E-state index contributed by atoms with van der Waals surface area (Å²) in [5.74, 6) is 0.735. The molecule has 0 unspecified atom stereocenters. The van der Waals surface area contributed by atoms with Gasteiger partial charge in [0.25, 0.3) is 0 Å². The summed E-state index contributed by atoms with van der Waals surface area (Å²) in [5.41, 5.74) is 1.11. The van der Waals surface area contributed by atoms with Gasteiger partial charge in [-0.1, -0.05) is 41.9 Å². The Balaban J connectivity index is 1.79. The quantitative estimate of drug-likeness (QED) is 0.758. The Kier molecular flexibility index (Phi) is 6.94. The second-order valence-electron chi connectivity index (χ2n) is 5.74. The molecule has 2 amide bonds. The van der Waals surface area contributed by atoms with Crippen LogP contribution in [0, 0.1) is 0 Å². The Labute approximate surface area is 148 Å². The van der Waals surface area contributed by atoms with Crippen LogP contribution in [0.4, 0.5) is 4.79 Å². The SMILES string of the molecule is CC(C)N(Cc1ccccc1)C(=O)NCCOc1ccc(Cl)cc1. The molecule has 0 aliphatic rings. The molecule has 0 radical (unpaired) electrons. The van der Waals surface area contributed by atoms with E-state index in [4.69, 9.17) is 16.3 Å². The standard InChI is InChI=1S/C19H23ClN2O2/c1-15(2)22(14-16-6-4-3-5-7-16)19(23)21-12-13-24-18-10-8-17(20)9-11-18/h3-11,15H,12-14H2,1-2H3,(H,21,23). The molecule has 128 valence electrons. The first-order valence-electron chi connectivity index (χ1n) is 8.03. The minimum Gasteiger partial charge on any atom is -0.492 e. The maximum absolute atomic E-state index is 12.4. The highest BCUT2D eigenvalue weighted by molar-refractivity contribution is 6.30. The van der Waals surface area contributed by atoms with Gasteiger partial charge in [0.15, 0.2) is 0 Å². The molecule has 2 rings (SSSR count). The van der Waals surface area contributed by atoms with E-state index in [1.54, 1.807) is 29.2 Å². The van der Waals surface area contributed by atoms with Gasteiger partial charge in [-0.15, -0.1) is 0 Å².